The van der Waals surface area contributed by atoms with Gasteiger partial charge in [0.05, 0.1) is 25.4 Å². The van der Waals surface area contributed by atoms with Gasteiger partial charge >= 0.3 is 0 Å². The Hall–Kier alpha value is -0.700. The first-order valence-corrected chi connectivity index (χ1v) is 20.3. The third-order valence-corrected chi connectivity index (χ3v) is 16.4. The van der Waals surface area contributed by atoms with Gasteiger partial charge in [0, 0.05) is 5.41 Å². The van der Waals surface area contributed by atoms with Gasteiger partial charge in [-0.15, -0.1) is 0 Å². The zero-order chi connectivity index (χ0) is 37.8. The first-order chi connectivity index (χ1) is 24.3. The molecule has 2 aliphatic heterocycles. The lowest BCUT2D eigenvalue weighted by atomic mass is 9.37. The van der Waals surface area contributed by atoms with E-state index in [1.54, 1.807) is 12.5 Å². The number of hydrogen-bond donors (Lipinski definition) is 7. The van der Waals surface area contributed by atoms with Crippen molar-refractivity contribution in [3.63, 3.8) is 0 Å². The van der Waals surface area contributed by atoms with E-state index in [9.17, 15) is 35.7 Å². The van der Waals surface area contributed by atoms with Gasteiger partial charge in [0.2, 0.25) is 0 Å². The summed E-state index contributed by atoms with van der Waals surface area (Å²) in [6, 6.07) is 0. The molecule has 0 aromatic rings. The number of aliphatic hydroxyl groups is 7. The van der Waals surface area contributed by atoms with Crippen LogP contribution in [-0.2, 0) is 18.9 Å². The summed E-state index contributed by atoms with van der Waals surface area (Å²) < 4.78 is 24.6. The molecule has 11 nitrogen and oxygen atoms in total. The fraction of sp³-hybridized carbons (Fsp3) is 0.951. The Morgan fingerprint density at radius 2 is 1.37 bits per heavy atom. The molecule has 7 rings (SSSR count). The van der Waals surface area contributed by atoms with Crippen LogP contribution in [-0.4, -0.2) is 116 Å². The summed E-state index contributed by atoms with van der Waals surface area (Å²) in [6.45, 7) is 16.1. The molecule has 6 fully saturated rings. The number of hydrogen-bond acceptors (Lipinski definition) is 11. The van der Waals surface area contributed by atoms with E-state index in [1.807, 2.05) is 0 Å². The predicted octanol–water partition coefficient (Wildman–Crippen LogP) is 3.43. The van der Waals surface area contributed by atoms with Crippen molar-refractivity contribution in [2.24, 2.45) is 50.7 Å². The van der Waals surface area contributed by atoms with E-state index in [2.05, 4.69) is 47.6 Å². The van der Waals surface area contributed by atoms with Crippen LogP contribution in [0.5, 0.6) is 0 Å². The van der Waals surface area contributed by atoms with Crippen LogP contribution < -0.4 is 0 Å². The lowest BCUT2D eigenvalue weighted by Gasteiger charge is -2.68. The van der Waals surface area contributed by atoms with Crippen molar-refractivity contribution in [2.75, 3.05) is 13.2 Å². The van der Waals surface area contributed by atoms with Gasteiger partial charge in [-0.3, -0.25) is 0 Å². The largest absolute Gasteiger partial charge is 0.394 e. The summed E-state index contributed by atoms with van der Waals surface area (Å²) in [5.74, 6) is 1.72. The Labute approximate surface area is 310 Å². The highest BCUT2D eigenvalue weighted by molar-refractivity contribution is 5.29. The topological polar surface area (TPSA) is 179 Å². The standard InChI is InChI=1S/C41H68O11/c1-21-29(43)31(45)34(48)36(50-21)52-28-12-14-40(7)26(38(28,4)5)11-13-39(6)23-10-15-41(20-49-35-33(47)32(46)30(44)25(19-42)51-35)17-16-37(2,3)18-24(41)22(23)8-9-27(39)40/h8,21,23-36,42-48H,9-20H2,1-7H3/t21-,23-,24+,25-,26+,27-,28+,29-,30-,31+,32+,33-,34+,35-,36+,39+,40+,41+/m1/s1. The zero-order valence-electron chi connectivity index (χ0n) is 32.5. The van der Waals surface area contributed by atoms with E-state index in [0.29, 0.717) is 30.3 Å². The third-order valence-electron chi connectivity index (χ3n) is 16.4. The second-order valence-corrected chi connectivity index (χ2v) is 20.1. The Balaban J connectivity index is 1.11. The van der Waals surface area contributed by atoms with Gasteiger partial charge in [0.25, 0.3) is 0 Å². The smallest absolute Gasteiger partial charge is 0.186 e. The molecule has 52 heavy (non-hydrogen) atoms. The molecule has 0 bridgehead atoms. The van der Waals surface area contributed by atoms with Gasteiger partial charge in [0.15, 0.2) is 12.6 Å². The second kappa shape index (κ2) is 13.7. The van der Waals surface area contributed by atoms with Gasteiger partial charge in [-0.05, 0) is 116 Å². The third kappa shape index (κ3) is 6.19. The normalized spacial score (nSPS) is 54.2. The highest BCUT2D eigenvalue weighted by atomic mass is 16.7. The maximum absolute atomic E-state index is 10.8. The van der Waals surface area contributed by atoms with Crippen LogP contribution in [0, 0.1) is 50.7 Å². The van der Waals surface area contributed by atoms with Crippen molar-refractivity contribution in [1.82, 2.24) is 0 Å². The quantitative estimate of drug-likeness (QED) is 0.157. The highest BCUT2D eigenvalue weighted by Gasteiger charge is 2.65. The Kier molecular flexibility index (Phi) is 10.5. The van der Waals surface area contributed by atoms with E-state index in [1.165, 1.54) is 0 Å². The molecule has 0 amide bonds. The first-order valence-electron chi connectivity index (χ1n) is 20.3. The lowest BCUT2D eigenvalue weighted by molar-refractivity contribution is -0.324. The molecule has 0 unspecified atom stereocenters. The summed E-state index contributed by atoms with van der Waals surface area (Å²) in [4.78, 5) is 0. The van der Waals surface area contributed by atoms with Crippen LogP contribution in [0.1, 0.15) is 113 Å². The second-order valence-electron chi connectivity index (χ2n) is 20.1. The van der Waals surface area contributed by atoms with E-state index in [0.717, 1.165) is 64.2 Å². The van der Waals surface area contributed by atoms with E-state index in [4.69, 9.17) is 18.9 Å². The summed E-state index contributed by atoms with van der Waals surface area (Å²) in [5.41, 5.74) is 1.70. The minimum Gasteiger partial charge on any atom is -0.394 e. The number of aliphatic hydroxyl groups excluding tert-OH is 7. The van der Waals surface area contributed by atoms with Gasteiger partial charge < -0.3 is 54.7 Å². The monoisotopic (exact) mass is 736 g/mol. The molecule has 0 spiro atoms. The molecule has 7 N–H and O–H groups in total. The summed E-state index contributed by atoms with van der Waals surface area (Å²) in [6.07, 6.45) is 1.04. The van der Waals surface area contributed by atoms with Gasteiger partial charge in [-0.2, -0.15) is 0 Å². The van der Waals surface area contributed by atoms with Crippen LogP contribution in [0.2, 0.25) is 0 Å². The number of rotatable bonds is 6. The Morgan fingerprint density at radius 3 is 2.08 bits per heavy atom. The lowest BCUT2D eigenvalue weighted by Crippen LogP contribution is -2.64. The maximum atomic E-state index is 10.8. The summed E-state index contributed by atoms with van der Waals surface area (Å²) in [7, 11) is 0. The van der Waals surface area contributed by atoms with Crippen LogP contribution in [0.3, 0.4) is 0 Å². The van der Waals surface area contributed by atoms with Gasteiger partial charge in [-0.1, -0.05) is 53.2 Å². The molecule has 0 radical (unpaired) electrons. The first kappa shape index (κ1) is 39.5. The van der Waals surface area contributed by atoms with Crippen LogP contribution >= 0.6 is 0 Å². The molecule has 4 saturated carbocycles. The molecular weight excluding hydrogens is 668 g/mol. The fourth-order valence-electron chi connectivity index (χ4n) is 13.2. The predicted molar refractivity (Wildman–Crippen MR) is 191 cm³/mol. The SMILES string of the molecule is C[C@H]1O[C@@H](O[C@H]2CC[C@]3(C)[C@@H]4CC=C5[C@@H](CC[C@@]6(CO[C@@H]7O[C@H](CO)[C@@H](O)[C@H](O)[C@H]7O)CCC(C)(C)C[C@@H]56)[C@]4(C)CC[C@H]3C2(C)C)[C@@H](O)[C@@H](O)[C@@H]1O. The van der Waals surface area contributed by atoms with Crippen molar-refractivity contribution < 1.29 is 54.7 Å². The van der Waals surface area contributed by atoms with Crippen molar-refractivity contribution in [1.29, 1.82) is 0 Å². The zero-order valence-corrected chi connectivity index (χ0v) is 32.5. The molecule has 11 heteroatoms. The molecule has 18 atom stereocenters. The minimum atomic E-state index is -1.45. The molecule has 2 saturated heterocycles. The van der Waals surface area contributed by atoms with E-state index < -0.39 is 68.0 Å². The number of ether oxygens (including phenoxy) is 4. The van der Waals surface area contributed by atoms with Gasteiger partial charge in [-0.25, -0.2) is 0 Å². The fourth-order valence-corrected chi connectivity index (χ4v) is 13.2. The molecule has 298 valence electrons. The summed E-state index contributed by atoms with van der Waals surface area (Å²) in [5, 5.41) is 72.8. The molecule has 2 heterocycles. The number of fused-ring (bicyclic) bond motifs is 7. The van der Waals surface area contributed by atoms with Crippen LogP contribution in [0.25, 0.3) is 0 Å². The average molecular weight is 737 g/mol. The van der Waals surface area contributed by atoms with Crippen LogP contribution in [0.4, 0.5) is 0 Å². The molecule has 7 aliphatic rings. The summed E-state index contributed by atoms with van der Waals surface area (Å²) >= 11 is 0. The Bertz CT molecular complexity index is 1340. The minimum absolute atomic E-state index is 0.0972. The molecular formula is C41H68O11. The maximum Gasteiger partial charge on any atom is 0.186 e. The van der Waals surface area contributed by atoms with Crippen molar-refractivity contribution >= 4 is 0 Å². The molecule has 0 aromatic heterocycles. The highest BCUT2D eigenvalue weighted by Crippen LogP contribution is 2.72. The van der Waals surface area contributed by atoms with E-state index >= 15 is 0 Å². The van der Waals surface area contributed by atoms with Crippen molar-refractivity contribution in [3.05, 3.63) is 11.6 Å². The number of allylic oxidation sites excluding steroid dienone is 2. The van der Waals surface area contributed by atoms with E-state index in [-0.39, 0.29) is 33.2 Å². The van der Waals surface area contributed by atoms with Crippen molar-refractivity contribution in [2.45, 2.75) is 180 Å². The Morgan fingerprint density at radius 1 is 0.692 bits per heavy atom. The van der Waals surface area contributed by atoms with Crippen LogP contribution in [0.15, 0.2) is 11.6 Å². The van der Waals surface area contributed by atoms with Gasteiger partial charge in [0.1, 0.15) is 42.7 Å². The molecule has 5 aliphatic carbocycles. The van der Waals surface area contributed by atoms with Crippen molar-refractivity contribution in [3.8, 4) is 0 Å². The molecule has 0 aromatic carbocycles. The average Bonchev–Trinajstić information content (AvgIpc) is 3.09.